The Morgan fingerprint density at radius 1 is 1.35 bits per heavy atom. The zero-order valence-corrected chi connectivity index (χ0v) is 10.6. The van der Waals surface area contributed by atoms with Crippen LogP contribution in [0.25, 0.3) is 0 Å². The summed E-state index contributed by atoms with van der Waals surface area (Å²) in [5.74, 6) is 0.889. The molecule has 94 valence electrons. The molecule has 0 aliphatic rings. The number of ether oxygens (including phenoxy) is 2. The van der Waals surface area contributed by atoms with Gasteiger partial charge in [0.1, 0.15) is 5.75 Å². The summed E-state index contributed by atoms with van der Waals surface area (Å²) in [6.45, 7) is 7.30. The minimum atomic E-state index is 0.338. The van der Waals surface area contributed by atoms with Crippen LogP contribution in [0.5, 0.6) is 5.75 Å². The molecular weight excluding hydrogens is 214 g/mol. The lowest BCUT2D eigenvalue weighted by Crippen LogP contribution is -2.20. The number of hydrogen-bond donors (Lipinski definition) is 1. The number of rotatable bonds is 8. The first-order chi connectivity index (χ1) is 8.27. The van der Waals surface area contributed by atoms with Crippen LogP contribution in [0, 0.1) is 0 Å². The van der Waals surface area contributed by atoms with E-state index in [1.165, 1.54) is 11.8 Å². The normalized spacial score (nSPS) is 11.9. The highest BCUT2D eigenvalue weighted by atomic mass is 16.5. The zero-order valence-electron chi connectivity index (χ0n) is 10.6. The van der Waals surface area contributed by atoms with Crippen LogP contribution in [-0.4, -0.2) is 20.3 Å². The van der Waals surface area contributed by atoms with Crippen LogP contribution in [0.2, 0.25) is 0 Å². The monoisotopic (exact) mass is 235 g/mol. The fourth-order valence-corrected chi connectivity index (χ4v) is 1.57. The fraction of sp³-hybridized carbons (Fsp3) is 0.429. The molecule has 0 aliphatic heterocycles. The van der Waals surface area contributed by atoms with Gasteiger partial charge in [0, 0.05) is 6.04 Å². The van der Waals surface area contributed by atoms with Gasteiger partial charge in [-0.15, -0.1) is 0 Å². The maximum atomic E-state index is 5.13. The summed E-state index contributed by atoms with van der Waals surface area (Å²) in [6, 6.07) is 8.46. The number of benzene rings is 1. The van der Waals surface area contributed by atoms with Crippen molar-refractivity contribution in [3.05, 3.63) is 42.7 Å². The largest absolute Gasteiger partial charge is 0.502 e. The Balaban J connectivity index is 2.30. The SMILES string of the molecule is C=COCCCNC(C)c1ccc(OC)cc1. The molecule has 0 aliphatic carbocycles. The molecule has 1 rings (SSSR count). The van der Waals surface area contributed by atoms with Crippen molar-refractivity contribution in [2.75, 3.05) is 20.3 Å². The molecule has 1 unspecified atom stereocenters. The van der Waals surface area contributed by atoms with Crippen molar-refractivity contribution in [1.82, 2.24) is 5.32 Å². The molecule has 3 nitrogen and oxygen atoms in total. The highest BCUT2D eigenvalue weighted by Gasteiger charge is 2.03. The first-order valence-corrected chi connectivity index (χ1v) is 5.87. The van der Waals surface area contributed by atoms with Crippen LogP contribution in [0.3, 0.4) is 0 Å². The van der Waals surface area contributed by atoms with Crippen molar-refractivity contribution in [1.29, 1.82) is 0 Å². The van der Waals surface area contributed by atoms with Crippen LogP contribution < -0.4 is 10.1 Å². The van der Waals surface area contributed by atoms with E-state index in [-0.39, 0.29) is 0 Å². The topological polar surface area (TPSA) is 30.5 Å². The number of hydrogen-bond acceptors (Lipinski definition) is 3. The van der Waals surface area contributed by atoms with E-state index in [1.54, 1.807) is 7.11 Å². The average Bonchev–Trinajstić information content (AvgIpc) is 2.38. The highest BCUT2D eigenvalue weighted by molar-refractivity contribution is 5.28. The van der Waals surface area contributed by atoms with Crippen molar-refractivity contribution in [3.8, 4) is 5.75 Å². The van der Waals surface area contributed by atoms with E-state index in [9.17, 15) is 0 Å². The predicted octanol–water partition coefficient (Wildman–Crippen LogP) is 2.90. The summed E-state index contributed by atoms with van der Waals surface area (Å²) in [5, 5.41) is 3.44. The average molecular weight is 235 g/mol. The third-order valence-electron chi connectivity index (χ3n) is 2.62. The first kappa shape index (κ1) is 13.6. The lowest BCUT2D eigenvalue weighted by Gasteiger charge is -2.14. The number of methoxy groups -OCH3 is 1. The summed E-state index contributed by atoms with van der Waals surface area (Å²) in [7, 11) is 1.68. The van der Waals surface area contributed by atoms with Gasteiger partial charge in [-0.2, -0.15) is 0 Å². The van der Waals surface area contributed by atoms with Gasteiger partial charge in [0.05, 0.1) is 20.0 Å². The Labute approximate surface area is 103 Å². The van der Waals surface area contributed by atoms with Gasteiger partial charge in [-0.1, -0.05) is 18.7 Å². The standard InChI is InChI=1S/C14H21NO2/c1-4-17-11-5-10-15-12(2)13-6-8-14(16-3)9-7-13/h4,6-9,12,15H,1,5,10-11H2,2-3H3. The van der Waals surface area contributed by atoms with Gasteiger partial charge in [0.2, 0.25) is 0 Å². The quantitative estimate of drug-likeness (QED) is 0.555. The second-order valence-electron chi connectivity index (χ2n) is 3.84. The summed E-state index contributed by atoms with van der Waals surface area (Å²) in [4.78, 5) is 0. The fourth-order valence-electron chi connectivity index (χ4n) is 1.57. The van der Waals surface area contributed by atoms with Gasteiger partial charge >= 0.3 is 0 Å². The third-order valence-corrected chi connectivity index (χ3v) is 2.62. The minimum Gasteiger partial charge on any atom is -0.502 e. The van der Waals surface area contributed by atoms with Crippen LogP contribution in [0.4, 0.5) is 0 Å². The Morgan fingerprint density at radius 3 is 2.65 bits per heavy atom. The van der Waals surface area contributed by atoms with E-state index in [2.05, 4.69) is 31.0 Å². The predicted molar refractivity (Wildman–Crippen MR) is 70.2 cm³/mol. The van der Waals surface area contributed by atoms with E-state index >= 15 is 0 Å². The van der Waals surface area contributed by atoms with Gasteiger partial charge in [-0.25, -0.2) is 0 Å². The molecule has 1 aromatic rings. The Bertz CT molecular complexity index is 321. The van der Waals surface area contributed by atoms with E-state index in [0.29, 0.717) is 12.6 Å². The lowest BCUT2D eigenvalue weighted by atomic mass is 10.1. The molecule has 0 amide bonds. The summed E-state index contributed by atoms with van der Waals surface area (Å²) in [5.41, 5.74) is 1.26. The molecule has 0 saturated carbocycles. The van der Waals surface area contributed by atoms with Gasteiger partial charge in [0.15, 0.2) is 0 Å². The van der Waals surface area contributed by atoms with Crippen molar-refractivity contribution < 1.29 is 9.47 Å². The molecule has 0 aromatic heterocycles. The van der Waals surface area contributed by atoms with Crippen LogP contribution in [-0.2, 0) is 4.74 Å². The second kappa shape index (κ2) is 7.74. The van der Waals surface area contributed by atoms with Crippen molar-refractivity contribution >= 4 is 0 Å². The van der Waals surface area contributed by atoms with E-state index in [4.69, 9.17) is 9.47 Å². The van der Waals surface area contributed by atoms with Crippen LogP contribution >= 0.6 is 0 Å². The molecule has 3 heteroatoms. The molecule has 0 fully saturated rings. The maximum Gasteiger partial charge on any atom is 0.118 e. The zero-order chi connectivity index (χ0) is 12.5. The van der Waals surface area contributed by atoms with Gasteiger partial charge in [0.25, 0.3) is 0 Å². The summed E-state index contributed by atoms with van der Waals surface area (Å²) < 4.78 is 10.2. The molecule has 0 bridgehead atoms. The molecule has 0 saturated heterocycles. The Hall–Kier alpha value is -1.48. The smallest absolute Gasteiger partial charge is 0.118 e. The van der Waals surface area contributed by atoms with E-state index in [1.807, 2.05) is 12.1 Å². The summed E-state index contributed by atoms with van der Waals surface area (Å²) >= 11 is 0. The molecule has 0 heterocycles. The van der Waals surface area contributed by atoms with E-state index in [0.717, 1.165) is 18.7 Å². The van der Waals surface area contributed by atoms with Gasteiger partial charge < -0.3 is 14.8 Å². The Morgan fingerprint density at radius 2 is 2.06 bits per heavy atom. The van der Waals surface area contributed by atoms with Gasteiger partial charge in [-0.3, -0.25) is 0 Å². The molecule has 0 radical (unpaired) electrons. The molecular formula is C14H21NO2. The van der Waals surface area contributed by atoms with Crippen molar-refractivity contribution in [2.45, 2.75) is 19.4 Å². The molecule has 17 heavy (non-hydrogen) atoms. The minimum absolute atomic E-state index is 0.338. The maximum absolute atomic E-state index is 5.13. The lowest BCUT2D eigenvalue weighted by molar-refractivity contribution is 0.243. The van der Waals surface area contributed by atoms with Crippen LogP contribution in [0.15, 0.2) is 37.1 Å². The van der Waals surface area contributed by atoms with Crippen molar-refractivity contribution in [3.63, 3.8) is 0 Å². The molecule has 1 N–H and O–H groups in total. The molecule has 0 spiro atoms. The number of nitrogens with one attached hydrogen (secondary N) is 1. The third kappa shape index (κ3) is 4.91. The molecule has 1 atom stereocenters. The second-order valence-corrected chi connectivity index (χ2v) is 3.84. The van der Waals surface area contributed by atoms with Crippen molar-refractivity contribution in [2.24, 2.45) is 0 Å². The van der Waals surface area contributed by atoms with E-state index < -0.39 is 0 Å². The van der Waals surface area contributed by atoms with Crippen LogP contribution in [0.1, 0.15) is 24.9 Å². The highest BCUT2D eigenvalue weighted by Crippen LogP contribution is 2.16. The van der Waals surface area contributed by atoms with Gasteiger partial charge in [-0.05, 0) is 37.6 Å². The molecule has 1 aromatic carbocycles. The first-order valence-electron chi connectivity index (χ1n) is 5.87. The summed E-state index contributed by atoms with van der Waals surface area (Å²) in [6.07, 6.45) is 2.46. The Kier molecular flexibility index (Phi) is 6.18.